The lowest BCUT2D eigenvalue weighted by Gasteiger charge is -2.49. The number of aliphatic imine (C=N–C) groups is 1. The van der Waals surface area contributed by atoms with Crippen molar-refractivity contribution in [1.82, 2.24) is 15.5 Å². The Labute approximate surface area is 193 Å². The van der Waals surface area contributed by atoms with Gasteiger partial charge in [0, 0.05) is 30.4 Å². The molecule has 0 unspecified atom stereocenters. The van der Waals surface area contributed by atoms with Crippen LogP contribution in [-0.2, 0) is 23.9 Å². The summed E-state index contributed by atoms with van der Waals surface area (Å²) >= 11 is 1.30. The summed E-state index contributed by atoms with van der Waals surface area (Å²) in [5.41, 5.74) is 1.06. The van der Waals surface area contributed by atoms with Crippen molar-refractivity contribution in [2.24, 2.45) is 4.99 Å². The van der Waals surface area contributed by atoms with Crippen molar-refractivity contribution >= 4 is 41.4 Å². The number of carboxylic acids is 1. The number of thioether (sulfide) groups is 1. The van der Waals surface area contributed by atoms with Crippen LogP contribution in [0.3, 0.4) is 0 Å². The number of carboxylic acid groups (broad SMARTS) is 1. The van der Waals surface area contributed by atoms with Crippen LogP contribution in [-0.4, -0.2) is 83.1 Å². The van der Waals surface area contributed by atoms with Gasteiger partial charge in [-0.2, -0.15) is 0 Å². The lowest BCUT2D eigenvalue weighted by atomic mass is 10.0. The van der Waals surface area contributed by atoms with Crippen LogP contribution < -0.4 is 15.4 Å². The second kappa shape index (κ2) is 9.53. The molecule has 11 nitrogen and oxygen atoms in total. The zero-order valence-corrected chi connectivity index (χ0v) is 18.5. The predicted octanol–water partition coefficient (Wildman–Crippen LogP) is -0.283. The van der Waals surface area contributed by atoms with E-state index in [2.05, 4.69) is 15.6 Å². The number of nitrogens with one attached hydrogen (secondary N) is 2. The van der Waals surface area contributed by atoms with Gasteiger partial charge < -0.3 is 25.2 Å². The fraction of sp³-hybridized carbons (Fsp3) is 0.381. The summed E-state index contributed by atoms with van der Waals surface area (Å²) in [5, 5.41) is 14.8. The first-order valence-corrected chi connectivity index (χ1v) is 11.2. The number of aliphatic carboxylic acids is 1. The minimum Gasteiger partial charge on any atom is -0.484 e. The quantitative estimate of drug-likeness (QED) is 0.342. The van der Waals surface area contributed by atoms with E-state index in [1.54, 1.807) is 12.1 Å². The standard InChI is InChI=1S/C21H22N4O7S/c1-11(26)31-8-13-10-33-20-16(19(28)25(20)17(13)21(29)30)24-15(27)9-32-14-4-2-12(3-5-14)18-22-6-7-23-18/h2-5,16,20H,6-10H2,1H3,(H,22,23)(H,24,27)(H,29,30)/t16-,20-/m1/s1. The molecule has 2 amide bonds. The minimum atomic E-state index is -1.29. The normalized spacial score (nSPS) is 21.4. The van der Waals surface area contributed by atoms with Gasteiger partial charge in [-0.3, -0.25) is 24.3 Å². The number of hydrogen-bond acceptors (Lipinski definition) is 9. The molecule has 33 heavy (non-hydrogen) atoms. The van der Waals surface area contributed by atoms with E-state index < -0.39 is 35.2 Å². The van der Waals surface area contributed by atoms with E-state index in [1.165, 1.54) is 18.7 Å². The fourth-order valence-electron chi connectivity index (χ4n) is 3.65. The highest BCUT2D eigenvalue weighted by Gasteiger charge is 2.54. The Morgan fingerprint density at radius 2 is 2.06 bits per heavy atom. The highest BCUT2D eigenvalue weighted by Crippen LogP contribution is 2.40. The first-order valence-electron chi connectivity index (χ1n) is 10.2. The Balaban J connectivity index is 1.32. The van der Waals surface area contributed by atoms with Crippen molar-refractivity contribution in [3.8, 4) is 5.75 Å². The number of nitrogens with zero attached hydrogens (tertiary/aromatic N) is 2. The van der Waals surface area contributed by atoms with E-state index in [-0.39, 0.29) is 24.7 Å². The maximum absolute atomic E-state index is 12.6. The number of carbonyl (C=O) groups is 4. The highest BCUT2D eigenvalue weighted by atomic mass is 32.2. The first-order chi connectivity index (χ1) is 15.8. The van der Waals surface area contributed by atoms with Crippen LogP contribution in [0.5, 0.6) is 5.75 Å². The number of amides is 2. The summed E-state index contributed by atoms with van der Waals surface area (Å²) in [6, 6.07) is 6.28. The molecule has 3 aliphatic heterocycles. The number of rotatable bonds is 8. The first kappa shape index (κ1) is 22.6. The molecule has 3 aliphatic rings. The van der Waals surface area contributed by atoms with Gasteiger partial charge in [0.25, 0.3) is 11.8 Å². The van der Waals surface area contributed by atoms with E-state index in [1.807, 2.05) is 12.1 Å². The average Bonchev–Trinajstić information content (AvgIpc) is 3.34. The molecule has 174 valence electrons. The fourth-order valence-corrected chi connectivity index (χ4v) is 4.97. The summed E-state index contributed by atoms with van der Waals surface area (Å²) in [6.45, 7) is 2.27. The molecule has 1 fully saturated rings. The molecule has 0 aromatic heterocycles. The van der Waals surface area contributed by atoms with Crippen LogP contribution in [0.4, 0.5) is 0 Å². The second-order valence-corrected chi connectivity index (χ2v) is 8.57. The second-order valence-electron chi connectivity index (χ2n) is 7.46. The van der Waals surface area contributed by atoms with E-state index in [9.17, 15) is 24.3 Å². The molecule has 0 saturated carbocycles. The molecule has 0 aliphatic carbocycles. The molecule has 1 aromatic rings. The third-order valence-electron chi connectivity index (χ3n) is 5.19. The van der Waals surface area contributed by atoms with Crippen molar-refractivity contribution in [3.05, 3.63) is 41.1 Å². The highest BCUT2D eigenvalue weighted by molar-refractivity contribution is 8.00. The van der Waals surface area contributed by atoms with Crippen LogP contribution in [0.2, 0.25) is 0 Å². The van der Waals surface area contributed by atoms with E-state index in [0.29, 0.717) is 11.3 Å². The molecule has 3 N–H and O–H groups in total. The molecule has 2 atom stereocenters. The Hall–Kier alpha value is -3.54. The van der Waals surface area contributed by atoms with Gasteiger partial charge in [-0.1, -0.05) is 0 Å². The topological polar surface area (TPSA) is 147 Å². The summed E-state index contributed by atoms with van der Waals surface area (Å²) in [6.07, 6.45) is 0. The number of ether oxygens (including phenoxy) is 2. The summed E-state index contributed by atoms with van der Waals surface area (Å²) in [4.78, 5) is 53.2. The van der Waals surface area contributed by atoms with Gasteiger partial charge in [0.1, 0.15) is 35.3 Å². The molecule has 0 radical (unpaired) electrons. The number of carbonyl (C=O) groups excluding carboxylic acids is 3. The Morgan fingerprint density at radius 1 is 1.30 bits per heavy atom. The van der Waals surface area contributed by atoms with Gasteiger partial charge in [0.2, 0.25) is 0 Å². The Morgan fingerprint density at radius 3 is 2.70 bits per heavy atom. The molecule has 4 rings (SSSR count). The number of hydrogen-bond donors (Lipinski definition) is 3. The largest absolute Gasteiger partial charge is 0.484 e. The van der Waals surface area contributed by atoms with Gasteiger partial charge in [0.05, 0.1) is 6.54 Å². The van der Waals surface area contributed by atoms with Gasteiger partial charge in [-0.05, 0) is 24.3 Å². The number of benzene rings is 1. The van der Waals surface area contributed by atoms with E-state index in [4.69, 9.17) is 9.47 Å². The summed E-state index contributed by atoms with van der Waals surface area (Å²) in [7, 11) is 0. The predicted molar refractivity (Wildman–Crippen MR) is 118 cm³/mol. The maximum atomic E-state index is 12.6. The Kier molecular flexibility index (Phi) is 6.54. The smallest absolute Gasteiger partial charge is 0.352 e. The van der Waals surface area contributed by atoms with Crippen molar-refractivity contribution in [2.75, 3.05) is 32.1 Å². The van der Waals surface area contributed by atoms with E-state index >= 15 is 0 Å². The molecule has 1 aromatic carbocycles. The van der Waals surface area contributed by atoms with Gasteiger partial charge >= 0.3 is 11.9 Å². The lowest BCUT2D eigenvalue weighted by molar-refractivity contribution is -0.151. The molecule has 0 spiro atoms. The Bertz CT molecular complexity index is 1050. The van der Waals surface area contributed by atoms with Crippen molar-refractivity contribution in [3.63, 3.8) is 0 Å². The number of esters is 1. The number of fused-ring (bicyclic) bond motifs is 1. The average molecular weight is 474 g/mol. The SMILES string of the molecule is CC(=O)OCC1=C(C(=O)O)N2C(=O)[C@@H](NC(=O)COc3ccc(C4=NCCN4)cc3)[C@H]2SC1. The third-order valence-corrected chi connectivity index (χ3v) is 6.53. The zero-order valence-electron chi connectivity index (χ0n) is 17.7. The van der Waals surface area contributed by atoms with Crippen molar-refractivity contribution in [2.45, 2.75) is 18.3 Å². The third kappa shape index (κ3) is 4.80. The summed E-state index contributed by atoms with van der Waals surface area (Å²) < 4.78 is 10.4. The molecular formula is C21H22N4O7S. The van der Waals surface area contributed by atoms with Crippen LogP contribution in [0, 0.1) is 0 Å². The number of amidine groups is 1. The van der Waals surface area contributed by atoms with E-state index in [0.717, 1.165) is 29.4 Å². The van der Waals surface area contributed by atoms with Crippen molar-refractivity contribution < 1.29 is 33.8 Å². The molecule has 1 saturated heterocycles. The van der Waals surface area contributed by atoms with Crippen LogP contribution in [0.1, 0.15) is 12.5 Å². The monoisotopic (exact) mass is 474 g/mol. The number of β-lactam (4-membered cyclic amide) rings is 1. The van der Waals surface area contributed by atoms with Gasteiger partial charge in [-0.15, -0.1) is 11.8 Å². The molecule has 0 bridgehead atoms. The zero-order chi connectivity index (χ0) is 23.5. The van der Waals surface area contributed by atoms with Crippen LogP contribution in [0.25, 0.3) is 0 Å². The van der Waals surface area contributed by atoms with Gasteiger partial charge in [0.15, 0.2) is 6.61 Å². The summed E-state index contributed by atoms with van der Waals surface area (Å²) in [5.74, 6) is -1.28. The molecule has 3 heterocycles. The maximum Gasteiger partial charge on any atom is 0.352 e. The van der Waals surface area contributed by atoms with Gasteiger partial charge in [-0.25, -0.2) is 4.79 Å². The molecule has 12 heteroatoms. The minimum absolute atomic E-state index is 0.201. The lowest BCUT2D eigenvalue weighted by Crippen LogP contribution is -2.71. The molecular weight excluding hydrogens is 452 g/mol. The van der Waals surface area contributed by atoms with Crippen molar-refractivity contribution in [1.29, 1.82) is 0 Å². The van der Waals surface area contributed by atoms with Crippen LogP contribution >= 0.6 is 11.8 Å². The van der Waals surface area contributed by atoms with Crippen LogP contribution in [0.15, 0.2) is 40.5 Å².